The summed E-state index contributed by atoms with van der Waals surface area (Å²) in [5, 5.41) is 2.61. The average molecular weight is 395 g/mol. The molecule has 0 aromatic heterocycles. The monoisotopic (exact) mass is 395 g/mol. The minimum absolute atomic E-state index is 0.0459. The molecule has 1 fully saturated rings. The smallest absolute Gasteiger partial charge is 0.341 e. The molecule has 1 aliphatic rings. The summed E-state index contributed by atoms with van der Waals surface area (Å²) < 4.78 is 5.30. The first-order valence-corrected chi connectivity index (χ1v) is 9.18. The molecule has 3 amide bonds. The molecule has 1 heterocycles. The number of nitrogens with two attached hydrogens (primary N) is 1. The number of anilines is 2. The maximum absolute atomic E-state index is 12.6. The predicted molar refractivity (Wildman–Crippen MR) is 106 cm³/mol. The number of hydrogen-bond acceptors (Lipinski definition) is 5. The number of nitrogens with zero attached hydrogens (tertiary/aromatic N) is 1. The lowest BCUT2D eigenvalue weighted by atomic mass is 10.1. The van der Waals surface area contributed by atoms with Crippen molar-refractivity contribution in [1.82, 2.24) is 0 Å². The fourth-order valence-corrected chi connectivity index (χ4v) is 3.02. The van der Waals surface area contributed by atoms with Crippen molar-refractivity contribution in [2.24, 2.45) is 5.73 Å². The van der Waals surface area contributed by atoms with E-state index in [1.54, 1.807) is 29.2 Å². The van der Waals surface area contributed by atoms with E-state index in [4.69, 9.17) is 10.5 Å². The highest BCUT2D eigenvalue weighted by Crippen LogP contribution is 2.26. The van der Waals surface area contributed by atoms with E-state index < -0.39 is 23.9 Å². The second-order valence-electron chi connectivity index (χ2n) is 6.64. The molecule has 3 N–H and O–H groups in total. The Bertz CT molecular complexity index is 955. The summed E-state index contributed by atoms with van der Waals surface area (Å²) in [7, 11) is 0. The number of primary amides is 1. The van der Waals surface area contributed by atoms with E-state index in [0.717, 1.165) is 6.42 Å². The van der Waals surface area contributed by atoms with Crippen LogP contribution in [0.3, 0.4) is 0 Å². The van der Waals surface area contributed by atoms with E-state index in [9.17, 15) is 19.2 Å². The summed E-state index contributed by atoms with van der Waals surface area (Å²) in [6.07, 6.45) is 0.104. The van der Waals surface area contributed by atoms with E-state index >= 15 is 0 Å². The third-order valence-electron chi connectivity index (χ3n) is 4.58. The van der Waals surface area contributed by atoms with Crippen LogP contribution >= 0.6 is 0 Å². The average Bonchev–Trinajstić information content (AvgIpc) is 3.14. The third-order valence-corrected chi connectivity index (χ3v) is 4.58. The molecule has 0 bridgehead atoms. The van der Waals surface area contributed by atoms with Crippen LogP contribution in [-0.2, 0) is 14.3 Å². The number of rotatable bonds is 6. The molecule has 0 radical (unpaired) electrons. The van der Waals surface area contributed by atoms with Gasteiger partial charge in [-0.05, 0) is 49.7 Å². The highest BCUT2D eigenvalue weighted by atomic mass is 16.5. The second kappa shape index (κ2) is 8.55. The molecular formula is C21H21N3O5. The summed E-state index contributed by atoms with van der Waals surface area (Å²) >= 11 is 0. The first-order valence-electron chi connectivity index (χ1n) is 9.18. The quantitative estimate of drug-likeness (QED) is 0.726. The lowest BCUT2D eigenvalue weighted by Gasteiger charge is -2.20. The highest BCUT2D eigenvalue weighted by molar-refractivity contribution is 6.04. The zero-order valence-electron chi connectivity index (χ0n) is 15.9. The lowest BCUT2D eigenvalue weighted by Crippen LogP contribution is -2.31. The molecule has 8 heteroatoms. The largest absolute Gasteiger partial charge is 0.449 e. The summed E-state index contributed by atoms with van der Waals surface area (Å²) in [5.41, 5.74) is 6.64. The van der Waals surface area contributed by atoms with E-state index in [2.05, 4.69) is 5.32 Å². The van der Waals surface area contributed by atoms with Crippen LogP contribution in [-0.4, -0.2) is 36.3 Å². The lowest BCUT2D eigenvalue weighted by molar-refractivity contribution is -0.123. The summed E-state index contributed by atoms with van der Waals surface area (Å²) in [6.45, 7) is 2.00. The first kappa shape index (κ1) is 20.1. The number of ether oxygens (including phenoxy) is 1. The number of benzene rings is 2. The Morgan fingerprint density at radius 2 is 1.79 bits per heavy atom. The molecule has 0 aliphatic carbocycles. The van der Waals surface area contributed by atoms with Gasteiger partial charge in [-0.15, -0.1) is 0 Å². The Balaban J connectivity index is 1.67. The molecule has 1 aliphatic heterocycles. The molecule has 0 saturated carbocycles. The minimum atomic E-state index is -1.07. The first-order chi connectivity index (χ1) is 13.9. The van der Waals surface area contributed by atoms with Crippen LogP contribution in [0.2, 0.25) is 0 Å². The number of esters is 1. The van der Waals surface area contributed by atoms with Gasteiger partial charge in [-0.1, -0.05) is 12.1 Å². The molecule has 1 saturated heterocycles. The zero-order valence-corrected chi connectivity index (χ0v) is 15.9. The Kier molecular flexibility index (Phi) is 5.92. The maximum Gasteiger partial charge on any atom is 0.341 e. The molecular weight excluding hydrogens is 374 g/mol. The van der Waals surface area contributed by atoms with Crippen molar-refractivity contribution < 1.29 is 23.9 Å². The van der Waals surface area contributed by atoms with E-state index in [0.29, 0.717) is 29.9 Å². The number of para-hydroxylation sites is 1. The van der Waals surface area contributed by atoms with Gasteiger partial charge >= 0.3 is 5.97 Å². The van der Waals surface area contributed by atoms with Crippen LogP contribution < -0.4 is 16.0 Å². The predicted octanol–water partition coefficient (Wildman–Crippen LogP) is 2.10. The zero-order chi connectivity index (χ0) is 21.0. The third kappa shape index (κ3) is 4.60. The van der Waals surface area contributed by atoms with Gasteiger partial charge in [0.2, 0.25) is 11.8 Å². The van der Waals surface area contributed by atoms with Gasteiger partial charge in [0.1, 0.15) is 0 Å². The molecule has 2 aromatic rings. The molecule has 3 rings (SSSR count). The van der Waals surface area contributed by atoms with Crippen molar-refractivity contribution in [3.05, 3.63) is 59.7 Å². The van der Waals surface area contributed by atoms with Crippen molar-refractivity contribution >= 4 is 35.1 Å². The van der Waals surface area contributed by atoms with Crippen molar-refractivity contribution in [3.63, 3.8) is 0 Å². The number of carbonyl (C=O) groups is 4. The van der Waals surface area contributed by atoms with Crippen molar-refractivity contribution in [3.8, 4) is 0 Å². The highest BCUT2D eigenvalue weighted by Gasteiger charge is 2.27. The summed E-state index contributed by atoms with van der Waals surface area (Å²) in [4.78, 5) is 49.7. The van der Waals surface area contributed by atoms with Gasteiger partial charge in [-0.3, -0.25) is 14.4 Å². The Hall–Kier alpha value is -3.68. The molecule has 150 valence electrons. The minimum Gasteiger partial charge on any atom is -0.449 e. The number of amides is 3. The Labute approximate surface area is 167 Å². The number of carbonyl (C=O) groups excluding carboxylic acids is 4. The van der Waals surface area contributed by atoms with Gasteiger partial charge in [0.05, 0.1) is 11.3 Å². The fourth-order valence-electron chi connectivity index (χ4n) is 3.02. The van der Waals surface area contributed by atoms with Gasteiger partial charge in [0, 0.05) is 24.2 Å². The fraction of sp³-hybridized carbons (Fsp3) is 0.238. The van der Waals surface area contributed by atoms with Crippen LogP contribution in [0.25, 0.3) is 0 Å². The Morgan fingerprint density at radius 1 is 1.10 bits per heavy atom. The van der Waals surface area contributed by atoms with Crippen molar-refractivity contribution in [1.29, 1.82) is 0 Å². The van der Waals surface area contributed by atoms with Gasteiger partial charge in [0.15, 0.2) is 6.10 Å². The molecule has 8 nitrogen and oxygen atoms in total. The standard InChI is InChI=1S/C21H21N3O5/c1-13(20(27)23-15-10-8-14(9-11-15)19(22)26)29-21(28)16-5-2-3-6-17(16)24-12-4-7-18(24)25/h2-3,5-6,8-11,13H,4,7,12H2,1H3,(H2,22,26)(H,23,27)/t13-/m0/s1. The summed E-state index contributed by atoms with van der Waals surface area (Å²) in [5.74, 6) is -1.83. The van der Waals surface area contributed by atoms with Crippen LogP contribution in [0.1, 0.15) is 40.5 Å². The van der Waals surface area contributed by atoms with E-state index in [1.165, 1.54) is 31.2 Å². The molecule has 0 spiro atoms. The summed E-state index contributed by atoms with van der Waals surface area (Å²) in [6, 6.07) is 12.7. The second-order valence-corrected chi connectivity index (χ2v) is 6.64. The normalized spacial score (nSPS) is 14.4. The van der Waals surface area contributed by atoms with E-state index in [-0.39, 0.29) is 11.5 Å². The topological polar surface area (TPSA) is 119 Å². The van der Waals surface area contributed by atoms with Crippen LogP contribution in [0, 0.1) is 0 Å². The molecule has 0 unspecified atom stereocenters. The SMILES string of the molecule is C[C@H](OC(=O)c1ccccc1N1CCCC1=O)C(=O)Nc1ccc(C(N)=O)cc1. The molecule has 29 heavy (non-hydrogen) atoms. The van der Waals surface area contributed by atoms with Gasteiger partial charge in [-0.25, -0.2) is 4.79 Å². The van der Waals surface area contributed by atoms with Crippen LogP contribution in [0.5, 0.6) is 0 Å². The van der Waals surface area contributed by atoms with Crippen molar-refractivity contribution in [2.75, 3.05) is 16.8 Å². The maximum atomic E-state index is 12.6. The van der Waals surface area contributed by atoms with Gasteiger partial charge in [-0.2, -0.15) is 0 Å². The van der Waals surface area contributed by atoms with Crippen molar-refractivity contribution in [2.45, 2.75) is 25.9 Å². The van der Waals surface area contributed by atoms with E-state index in [1.807, 2.05) is 0 Å². The number of hydrogen-bond donors (Lipinski definition) is 2. The Morgan fingerprint density at radius 3 is 2.41 bits per heavy atom. The van der Waals surface area contributed by atoms with Gasteiger partial charge in [0.25, 0.3) is 5.91 Å². The molecule has 2 aromatic carbocycles. The molecule has 1 atom stereocenters. The number of nitrogens with one attached hydrogen (secondary N) is 1. The van der Waals surface area contributed by atoms with Crippen LogP contribution in [0.15, 0.2) is 48.5 Å². The van der Waals surface area contributed by atoms with Crippen LogP contribution in [0.4, 0.5) is 11.4 Å². The van der Waals surface area contributed by atoms with Gasteiger partial charge < -0.3 is 20.7 Å².